The SMILES string of the molecule is COc1ccccc1-c1cc2cc(NC(=O)C3CC3CN3CCN(C)CC3)ncc2n1C. The smallest absolute Gasteiger partial charge is 0.228 e. The van der Waals surface area contributed by atoms with Gasteiger partial charge in [-0.3, -0.25) is 4.79 Å². The Morgan fingerprint density at radius 1 is 1.16 bits per heavy atom. The normalized spacial score (nSPS) is 21.6. The van der Waals surface area contributed by atoms with Crippen molar-refractivity contribution in [3.05, 3.63) is 42.6 Å². The molecule has 2 aromatic heterocycles. The van der Waals surface area contributed by atoms with Crippen molar-refractivity contribution >= 4 is 22.6 Å². The maximum Gasteiger partial charge on any atom is 0.228 e. The molecule has 2 atom stereocenters. The topological polar surface area (TPSA) is 62.6 Å². The second kappa shape index (κ2) is 8.56. The highest BCUT2D eigenvalue weighted by Crippen LogP contribution is 2.40. The van der Waals surface area contributed by atoms with E-state index >= 15 is 0 Å². The molecule has 0 bridgehead atoms. The number of benzene rings is 1. The number of fused-ring (bicyclic) bond motifs is 1. The number of anilines is 1. The van der Waals surface area contributed by atoms with E-state index in [1.807, 2.05) is 37.5 Å². The van der Waals surface area contributed by atoms with Gasteiger partial charge in [0.2, 0.25) is 5.91 Å². The Bertz CT molecular complexity index is 1130. The van der Waals surface area contributed by atoms with Gasteiger partial charge in [-0.1, -0.05) is 12.1 Å². The van der Waals surface area contributed by atoms with Crippen LogP contribution in [0.3, 0.4) is 0 Å². The van der Waals surface area contributed by atoms with Crippen LogP contribution in [0.2, 0.25) is 0 Å². The van der Waals surface area contributed by atoms with Crippen molar-refractivity contribution in [3.8, 4) is 17.0 Å². The van der Waals surface area contributed by atoms with E-state index in [0.717, 1.165) is 67.1 Å². The van der Waals surface area contributed by atoms with Crippen molar-refractivity contribution in [2.24, 2.45) is 18.9 Å². The molecule has 0 radical (unpaired) electrons. The number of piperazine rings is 1. The Morgan fingerprint density at radius 3 is 2.72 bits per heavy atom. The highest BCUT2D eigenvalue weighted by molar-refractivity contribution is 5.96. The third kappa shape index (κ3) is 4.10. The Balaban J connectivity index is 1.27. The molecule has 32 heavy (non-hydrogen) atoms. The van der Waals surface area contributed by atoms with E-state index in [0.29, 0.717) is 11.7 Å². The quantitative estimate of drug-likeness (QED) is 0.647. The lowest BCUT2D eigenvalue weighted by Gasteiger charge is -2.32. The second-order valence-corrected chi connectivity index (χ2v) is 9.11. The van der Waals surface area contributed by atoms with E-state index in [4.69, 9.17) is 4.74 Å². The number of likely N-dealkylation sites (N-methyl/N-ethyl adjacent to an activating group) is 1. The molecule has 2 aliphatic rings. The number of rotatable bonds is 6. The van der Waals surface area contributed by atoms with Gasteiger partial charge < -0.3 is 24.4 Å². The van der Waals surface area contributed by atoms with Gasteiger partial charge in [0.1, 0.15) is 11.6 Å². The van der Waals surface area contributed by atoms with Crippen molar-refractivity contribution in [2.45, 2.75) is 6.42 Å². The molecule has 1 amide bonds. The van der Waals surface area contributed by atoms with Gasteiger partial charge >= 0.3 is 0 Å². The summed E-state index contributed by atoms with van der Waals surface area (Å²) >= 11 is 0. The molecule has 1 aliphatic carbocycles. The zero-order chi connectivity index (χ0) is 22.2. The molecule has 168 valence electrons. The minimum atomic E-state index is 0.0943. The molecule has 0 spiro atoms. The molecule has 3 heterocycles. The number of aromatic nitrogens is 2. The minimum absolute atomic E-state index is 0.0943. The summed E-state index contributed by atoms with van der Waals surface area (Å²) in [4.78, 5) is 22.2. The number of pyridine rings is 1. The van der Waals surface area contributed by atoms with Crippen LogP contribution in [0.15, 0.2) is 42.6 Å². The van der Waals surface area contributed by atoms with Crippen LogP contribution in [-0.4, -0.2) is 72.1 Å². The number of aryl methyl sites for hydroxylation is 1. The molecule has 5 rings (SSSR count). The standard InChI is InChI=1S/C25H31N5O2/c1-28-8-10-30(11-9-28)16-18-12-20(18)25(31)27-24-14-17-13-21(29(2)22(17)15-26-24)19-6-4-5-7-23(19)32-3/h4-7,13-15,18,20H,8-12,16H2,1-3H3,(H,26,27,31). The number of carbonyl (C=O) groups is 1. The maximum absolute atomic E-state index is 12.8. The van der Waals surface area contributed by atoms with Crippen LogP contribution in [0.4, 0.5) is 5.82 Å². The first-order chi connectivity index (χ1) is 15.5. The lowest BCUT2D eigenvalue weighted by atomic mass is 10.1. The summed E-state index contributed by atoms with van der Waals surface area (Å²) in [5, 5.41) is 4.10. The summed E-state index contributed by atoms with van der Waals surface area (Å²) in [6.45, 7) is 5.45. The Labute approximate surface area is 189 Å². The van der Waals surface area contributed by atoms with Crippen molar-refractivity contribution in [1.82, 2.24) is 19.4 Å². The molecule has 7 nitrogen and oxygen atoms in total. The van der Waals surface area contributed by atoms with Crippen molar-refractivity contribution in [2.75, 3.05) is 52.2 Å². The van der Waals surface area contributed by atoms with Crippen LogP contribution in [0.5, 0.6) is 5.75 Å². The predicted octanol–water partition coefficient (Wildman–Crippen LogP) is 3.07. The number of amides is 1. The van der Waals surface area contributed by atoms with E-state index in [-0.39, 0.29) is 11.8 Å². The van der Waals surface area contributed by atoms with Crippen LogP contribution in [-0.2, 0) is 11.8 Å². The molecule has 3 aromatic rings. The summed E-state index contributed by atoms with van der Waals surface area (Å²) in [5.41, 5.74) is 3.10. The second-order valence-electron chi connectivity index (χ2n) is 9.11. The van der Waals surface area contributed by atoms with Crippen LogP contribution < -0.4 is 10.1 Å². The molecule has 2 fully saturated rings. The average molecular weight is 434 g/mol. The predicted molar refractivity (Wildman–Crippen MR) is 127 cm³/mol. The lowest BCUT2D eigenvalue weighted by molar-refractivity contribution is -0.117. The summed E-state index contributed by atoms with van der Waals surface area (Å²) in [6.07, 6.45) is 2.81. The molecular weight excluding hydrogens is 402 g/mol. The van der Waals surface area contributed by atoms with E-state index in [1.54, 1.807) is 7.11 Å². The van der Waals surface area contributed by atoms with E-state index < -0.39 is 0 Å². The van der Waals surface area contributed by atoms with Gasteiger partial charge in [0.05, 0.1) is 24.5 Å². The van der Waals surface area contributed by atoms with Crippen molar-refractivity contribution in [3.63, 3.8) is 0 Å². The Hall–Kier alpha value is -2.90. The largest absolute Gasteiger partial charge is 0.496 e. The van der Waals surface area contributed by atoms with Gasteiger partial charge in [-0.25, -0.2) is 4.98 Å². The third-order valence-electron chi connectivity index (χ3n) is 6.91. The van der Waals surface area contributed by atoms with Gasteiger partial charge in [-0.15, -0.1) is 0 Å². The molecule has 1 saturated carbocycles. The lowest BCUT2D eigenvalue weighted by Crippen LogP contribution is -2.45. The summed E-state index contributed by atoms with van der Waals surface area (Å²) in [7, 11) is 5.88. The average Bonchev–Trinajstić information content (AvgIpc) is 3.50. The molecular formula is C25H31N5O2. The number of para-hydroxylation sites is 1. The summed E-state index contributed by atoms with van der Waals surface area (Å²) < 4.78 is 7.65. The van der Waals surface area contributed by atoms with Gasteiger partial charge in [-0.05, 0) is 43.7 Å². The first kappa shape index (κ1) is 21.0. The van der Waals surface area contributed by atoms with Gasteiger partial charge in [0.25, 0.3) is 0 Å². The highest BCUT2D eigenvalue weighted by atomic mass is 16.5. The number of carbonyl (C=O) groups excluding carboxylic acids is 1. The van der Waals surface area contributed by atoms with Crippen LogP contribution in [0.1, 0.15) is 6.42 Å². The van der Waals surface area contributed by atoms with Crippen molar-refractivity contribution < 1.29 is 9.53 Å². The van der Waals surface area contributed by atoms with Gasteiger partial charge in [-0.2, -0.15) is 0 Å². The highest BCUT2D eigenvalue weighted by Gasteiger charge is 2.43. The zero-order valence-electron chi connectivity index (χ0n) is 19.0. The monoisotopic (exact) mass is 433 g/mol. The Kier molecular flexibility index (Phi) is 5.61. The van der Waals surface area contributed by atoms with Crippen LogP contribution >= 0.6 is 0 Å². The van der Waals surface area contributed by atoms with E-state index in [2.05, 4.69) is 43.8 Å². The number of hydrogen-bond donors (Lipinski definition) is 1. The van der Waals surface area contributed by atoms with Gasteiger partial charge in [0.15, 0.2) is 0 Å². The Morgan fingerprint density at radius 2 is 1.94 bits per heavy atom. The van der Waals surface area contributed by atoms with E-state index in [1.165, 1.54) is 0 Å². The zero-order valence-corrected chi connectivity index (χ0v) is 19.0. The van der Waals surface area contributed by atoms with E-state index in [9.17, 15) is 4.79 Å². The number of nitrogens with one attached hydrogen (secondary N) is 1. The molecule has 1 N–H and O–H groups in total. The minimum Gasteiger partial charge on any atom is -0.496 e. The first-order valence-corrected chi connectivity index (χ1v) is 11.3. The first-order valence-electron chi connectivity index (χ1n) is 11.3. The van der Waals surface area contributed by atoms with Crippen LogP contribution in [0.25, 0.3) is 22.2 Å². The number of methoxy groups -OCH3 is 1. The molecule has 2 unspecified atom stereocenters. The molecule has 1 aromatic carbocycles. The summed E-state index contributed by atoms with van der Waals surface area (Å²) in [6, 6.07) is 12.1. The summed E-state index contributed by atoms with van der Waals surface area (Å²) in [5.74, 6) is 2.12. The fourth-order valence-electron chi connectivity index (χ4n) is 4.77. The van der Waals surface area contributed by atoms with Crippen LogP contribution in [0, 0.1) is 11.8 Å². The number of nitrogens with zero attached hydrogens (tertiary/aromatic N) is 4. The number of ether oxygens (including phenoxy) is 1. The number of hydrogen-bond acceptors (Lipinski definition) is 5. The maximum atomic E-state index is 12.8. The molecule has 1 aliphatic heterocycles. The van der Waals surface area contributed by atoms with Crippen molar-refractivity contribution in [1.29, 1.82) is 0 Å². The fraction of sp³-hybridized carbons (Fsp3) is 0.440. The fourth-order valence-corrected chi connectivity index (χ4v) is 4.77. The third-order valence-corrected chi connectivity index (χ3v) is 6.91. The molecule has 1 saturated heterocycles. The molecule has 7 heteroatoms. The van der Waals surface area contributed by atoms with Gasteiger partial charge in [0, 0.05) is 56.6 Å².